The number of nitrogens with zero attached hydrogens (tertiary/aromatic N) is 2. The van der Waals surface area contributed by atoms with Gasteiger partial charge in [-0.1, -0.05) is 18.2 Å². The number of aryl methyl sites for hydroxylation is 1. The predicted molar refractivity (Wildman–Crippen MR) is 101 cm³/mol. The summed E-state index contributed by atoms with van der Waals surface area (Å²) in [6.07, 6.45) is -0.133. The summed E-state index contributed by atoms with van der Waals surface area (Å²) in [4.78, 5) is 19.4. The number of methoxy groups -OCH3 is 1. The normalized spacial score (nSPS) is 15.8. The molecule has 0 spiro atoms. The molecule has 1 amide bonds. The molecule has 0 saturated heterocycles. The molecule has 138 valence electrons. The lowest BCUT2D eigenvalue weighted by Gasteiger charge is -2.33. The second-order valence-corrected chi connectivity index (χ2v) is 6.48. The van der Waals surface area contributed by atoms with Gasteiger partial charge in [-0.3, -0.25) is 9.69 Å². The SMILES string of the molecule is COc1ccc2c(c1)N(C(=O)c1oc(-c3ccccc3)nc1C)C[C@@H](C)O2. The average Bonchev–Trinajstić information content (AvgIpc) is 3.09. The van der Waals surface area contributed by atoms with Crippen LogP contribution in [0, 0.1) is 6.92 Å². The van der Waals surface area contributed by atoms with E-state index in [9.17, 15) is 4.79 Å². The zero-order valence-corrected chi connectivity index (χ0v) is 15.4. The Labute approximate surface area is 157 Å². The van der Waals surface area contributed by atoms with E-state index in [0.29, 0.717) is 35.3 Å². The van der Waals surface area contributed by atoms with Crippen LogP contribution in [-0.4, -0.2) is 30.6 Å². The Hall–Kier alpha value is -3.28. The number of fused-ring (bicyclic) bond motifs is 1. The van der Waals surface area contributed by atoms with Crippen molar-refractivity contribution in [2.24, 2.45) is 0 Å². The quantitative estimate of drug-likeness (QED) is 0.700. The third-order valence-corrected chi connectivity index (χ3v) is 4.48. The van der Waals surface area contributed by atoms with Crippen molar-refractivity contribution in [3.05, 3.63) is 60.0 Å². The first kappa shape index (κ1) is 17.1. The fraction of sp³-hybridized carbons (Fsp3) is 0.238. The molecule has 0 saturated carbocycles. The van der Waals surface area contributed by atoms with Crippen LogP contribution in [0.3, 0.4) is 0 Å². The van der Waals surface area contributed by atoms with Gasteiger partial charge >= 0.3 is 0 Å². The Morgan fingerprint density at radius 3 is 2.74 bits per heavy atom. The molecule has 0 fully saturated rings. The molecule has 0 bridgehead atoms. The molecule has 1 aliphatic heterocycles. The minimum Gasteiger partial charge on any atom is -0.497 e. The van der Waals surface area contributed by atoms with Crippen LogP contribution in [0.5, 0.6) is 11.5 Å². The van der Waals surface area contributed by atoms with E-state index >= 15 is 0 Å². The van der Waals surface area contributed by atoms with E-state index in [-0.39, 0.29) is 17.8 Å². The van der Waals surface area contributed by atoms with E-state index in [1.54, 1.807) is 25.0 Å². The van der Waals surface area contributed by atoms with Gasteiger partial charge in [-0.15, -0.1) is 0 Å². The first-order valence-electron chi connectivity index (χ1n) is 8.76. The highest BCUT2D eigenvalue weighted by Gasteiger charge is 2.32. The van der Waals surface area contributed by atoms with Crippen molar-refractivity contribution in [3.63, 3.8) is 0 Å². The Bertz CT molecular complexity index is 981. The lowest BCUT2D eigenvalue weighted by Crippen LogP contribution is -2.42. The number of ether oxygens (including phenoxy) is 2. The number of amides is 1. The number of benzene rings is 2. The highest BCUT2D eigenvalue weighted by atomic mass is 16.5. The summed E-state index contributed by atoms with van der Waals surface area (Å²) in [5.74, 6) is 1.72. The molecule has 1 atom stereocenters. The molecule has 6 nitrogen and oxygen atoms in total. The van der Waals surface area contributed by atoms with Crippen LogP contribution in [0.2, 0.25) is 0 Å². The molecule has 2 heterocycles. The zero-order valence-electron chi connectivity index (χ0n) is 15.4. The minimum absolute atomic E-state index is 0.133. The molecule has 3 aromatic rings. The third-order valence-electron chi connectivity index (χ3n) is 4.48. The Morgan fingerprint density at radius 2 is 2.00 bits per heavy atom. The van der Waals surface area contributed by atoms with E-state index in [4.69, 9.17) is 13.9 Å². The highest BCUT2D eigenvalue weighted by Crippen LogP contribution is 2.37. The van der Waals surface area contributed by atoms with E-state index in [1.165, 1.54) is 0 Å². The largest absolute Gasteiger partial charge is 0.497 e. The Balaban J connectivity index is 1.73. The molecule has 6 heteroatoms. The summed E-state index contributed by atoms with van der Waals surface area (Å²) < 4.78 is 17.0. The Morgan fingerprint density at radius 1 is 1.22 bits per heavy atom. The lowest BCUT2D eigenvalue weighted by molar-refractivity contribution is 0.0934. The van der Waals surface area contributed by atoms with Gasteiger partial charge in [-0.05, 0) is 38.1 Å². The first-order chi connectivity index (χ1) is 13.1. The number of carbonyl (C=O) groups excluding carboxylic acids is 1. The molecule has 0 unspecified atom stereocenters. The van der Waals surface area contributed by atoms with Crippen LogP contribution in [0.15, 0.2) is 52.9 Å². The molecular weight excluding hydrogens is 344 g/mol. The van der Waals surface area contributed by atoms with Crippen LogP contribution >= 0.6 is 0 Å². The van der Waals surface area contributed by atoms with Crippen LogP contribution in [0.25, 0.3) is 11.5 Å². The van der Waals surface area contributed by atoms with Crippen molar-refractivity contribution in [1.82, 2.24) is 4.98 Å². The van der Waals surface area contributed by atoms with Crippen molar-refractivity contribution < 1.29 is 18.7 Å². The van der Waals surface area contributed by atoms with E-state index in [0.717, 1.165) is 5.56 Å². The number of anilines is 1. The summed E-state index contributed by atoms with van der Waals surface area (Å²) in [6, 6.07) is 14.9. The van der Waals surface area contributed by atoms with Crippen molar-refractivity contribution in [3.8, 4) is 23.0 Å². The summed E-state index contributed by atoms with van der Waals surface area (Å²) in [5.41, 5.74) is 2.05. The maximum absolute atomic E-state index is 13.3. The highest BCUT2D eigenvalue weighted by molar-refractivity contribution is 6.06. The fourth-order valence-electron chi connectivity index (χ4n) is 3.16. The minimum atomic E-state index is -0.244. The number of carbonyl (C=O) groups is 1. The number of hydrogen-bond acceptors (Lipinski definition) is 5. The van der Waals surface area contributed by atoms with Gasteiger partial charge in [-0.2, -0.15) is 0 Å². The van der Waals surface area contributed by atoms with Crippen LogP contribution in [0.1, 0.15) is 23.2 Å². The van der Waals surface area contributed by atoms with Gasteiger partial charge in [0.15, 0.2) is 0 Å². The molecule has 27 heavy (non-hydrogen) atoms. The standard InChI is InChI=1S/C21H20N2O4/c1-13-12-23(17-11-16(25-3)9-10-18(17)26-13)21(24)19-14(2)22-20(27-19)15-7-5-4-6-8-15/h4-11,13H,12H2,1-3H3/t13-/m1/s1. The van der Waals surface area contributed by atoms with Crippen LogP contribution < -0.4 is 14.4 Å². The van der Waals surface area contributed by atoms with Gasteiger partial charge in [0.05, 0.1) is 25.0 Å². The van der Waals surface area contributed by atoms with E-state index in [2.05, 4.69) is 4.98 Å². The topological polar surface area (TPSA) is 64.8 Å². The molecule has 4 rings (SSSR count). The molecule has 1 aromatic heterocycles. The monoisotopic (exact) mass is 364 g/mol. The second-order valence-electron chi connectivity index (χ2n) is 6.48. The molecule has 1 aliphatic rings. The summed E-state index contributed by atoms with van der Waals surface area (Å²) in [7, 11) is 1.59. The van der Waals surface area contributed by atoms with Gasteiger partial charge in [-0.25, -0.2) is 4.98 Å². The lowest BCUT2D eigenvalue weighted by atomic mass is 10.1. The maximum Gasteiger partial charge on any atom is 0.296 e. The second kappa shape index (κ2) is 6.79. The molecule has 0 aliphatic carbocycles. The third kappa shape index (κ3) is 3.14. The van der Waals surface area contributed by atoms with Crippen molar-refractivity contribution in [2.45, 2.75) is 20.0 Å². The zero-order chi connectivity index (χ0) is 19.0. The number of oxazole rings is 1. The van der Waals surface area contributed by atoms with E-state index in [1.807, 2.05) is 49.4 Å². The molecule has 0 N–H and O–H groups in total. The molecule has 2 aromatic carbocycles. The van der Waals surface area contributed by atoms with Gasteiger partial charge in [0, 0.05) is 11.6 Å². The van der Waals surface area contributed by atoms with Crippen molar-refractivity contribution in [2.75, 3.05) is 18.6 Å². The first-order valence-corrected chi connectivity index (χ1v) is 8.76. The summed E-state index contributed by atoms with van der Waals surface area (Å²) in [5, 5.41) is 0. The maximum atomic E-state index is 13.3. The van der Waals surface area contributed by atoms with Crippen LogP contribution in [0.4, 0.5) is 5.69 Å². The van der Waals surface area contributed by atoms with Crippen LogP contribution in [-0.2, 0) is 0 Å². The van der Waals surface area contributed by atoms with Gasteiger partial charge in [0.25, 0.3) is 5.91 Å². The molecule has 0 radical (unpaired) electrons. The smallest absolute Gasteiger partial charge is 0.296 e. The van der Waals surface area contributed by atoms with Crippen molar-refractivity contribution >= 4 is 11.6 Å². The van der Waals surface area contributed by atoms with Gasteiger partial charge in [0.1, 0.15) is 17.6 Å². The number of aromatic nitrogens is 1. The number of hydrogen-bond donors (Lipinski definition) is 0. The van der Waals surface area contributed by atoms with Gasteiger partial charge in [0.2, 0.25) is 11.7 Å². The summed E-state index contributed by atoms with van der Waals surface area (Å²) >= 11 is 0. The van der Waals surface area contributed by atoms with Crippen molar-refractivity contribution in [1.29, 1.82) is 0 Å². The molecular formula is C21H20N2O4. The summed E-state index contributed by atoms with van der Waals surface area (Å²) in [6.45, 7) is 4.12. The van der Waals surface area contributed by atoms with E-state index < -0.39 is 0 Å². The van der Waals surface area contributed by atoms with Gasteiger partial charge < -0.3 is 13.9 Å². The average molecular weight is 364 g/mol. The Kier molecular flexibility index (Phi) is 4.32. The fourth-order valence-corrected chi connectivity index (χ4v) is 3.16. The number of rotatable bonds is 3. The predicted octanol–water partition coefficient (Wildman–Crippen LogP) is 4.09.